The lowest BCUT2D eigenvalue weighted by Crippen LogP contribution is -2.36. The van der Waals surface area contributed by atoms with Crippen molar-refractivity contribution in [1.82, 2.24) is 19.6 Å². The van der Waals surface area contributed by atoms with Crippen LogP contribution in [0.1, 0.15) is 56.1 Å². The molecule has 1 unspecified atom stereocenters. The number of aliphatic hydroxyl groups excluding tert-OH is 1. The average Bonchev–Trinajstić information content (AvgIpc) is 3.18. The summed E-state index contributed by atoms with van der Waals surface area (Å²) < 4.78 is 15.5. The molecule has 1 atom stereocenters. The predicted octanol–water partition coefficient (Wildman–Crippen LogP) is 5.19. The van der Waals surface area contributed by atoms with Gasteiger partial charge in [0.15, 0.2) is 0 Å². The van der Waals surface area contributed by atoms with Gasteiger partial charge in [-0.2, -0.15) is 5.10 Å². The van der Waals surface area contributed by atoms with Crippen LogP contribution in [0.15, 0.2) is 54.6 Å². The lowest BCUT2D eigenvalue weighted by atomic mass is 10.0. The molecule has 1 aromatic heterocycles. The fourth-order valence-corrected chi connectivity index (χ4v) is 5.09. The van der Waals surface area contributed by atoms with Gasteiger partial charge in [0.05, 0.1) is 23.2 Å². The third kappa shape index (κ3) is 6.78. The Labute approximate surface area is 209 Å². The normalized spacial score (nSPS) is 15.1. The van der Waals surface area contributed by atoms with Crippen molar-refractivity contribution < 1.29 is 9.50 Å². The zero-order valence-electron chi connectivity index (χ0n) is 21.3. The number of rotatable bonds is 11. The highest BCUT2D eigenvalue weighted by atomic mass is 19.1. The van der Waals surface area contributed by atoms with E-state index in [4.69, 9.17) is 5.10 Å². The summed E-state index contributed by atoms with van der Waals surface area (Å²) in [6.07, 6.45) is 2.39. The molecule has 1 aliphatic rings. The SMILES string of the molecule is CCCC(O)CN(Cc1nn(-c2ccccc2)c2c1CN(Cc1ccc(F)cc1)CC2)CC(C)C. The van der Waals surface area contributed by atoms with Crippen molar-refractivity contribution in [3.05, 3.63) is 82.9 Å². The lowest BCUT2D eigenvalue weighted by molar-refractivity contribution is 0.0933. The van der Waals surface area contributed by atoms with E-state index in [1.165, 1.54) is 23.4 Å². The van der Waals surface area contributed by atoms with Crippen LogP contribution in [0.25, 0.3) is 5.69 Å². The molecule has 2 heterocycles. The summed E-state index contributed by atoms with van der Waals surface area (Å²) in [5.41, 5.74) is 5.87. The Morgan fingerprint density at radius 2 is 1.80 bits per heavy atom. The summed E-state index contributed by atoms with van der Waals surface area (Å²) in [5.74, 6) is 0.308. The molecular weight excluding hydrogens is 439 g/mol. The summed E-state index contributed by atoms with van der Waals surface area (Å²) in [4.78, 5) is 4.79. The van der Waals surface area contributed by atoms with Crippen molar-refractivity contribution in [2.45, 2.75) is 65.8 Å². The topological polar surface area (TPSA) is 44.5 Å². The highest BCUT2D eigenvalue weighted by Crippen LogP contribution is 2.28. The molecule has 1 N–H and O–H groups in total. The van der Waals surface area contributed by atoms with E-state index in [0.717, 1.165) is 68.9 Å². The van der Waals surface area contributed by atoms with E-state index in [1.54, 1.807) is 0 Å². The highest BCUT2D eigenvalue weighted by molar-refractivity contribution is 5.39. The smallest absolute Gasteiger partial charge is 0.123 e. The lowest BCUT2D eigenvalue weighted by Gasteiger charge is -2.29. The Balaban J connectivity index is 1.62. The van der Waals surface area contributed by atoms with Crippen LogP contribution in [-0.4, -0.2) is 50.4 Å². The van der Waals surface area contributed by atoms with Crippen LogP contribution >= 0.6 is 0 Å². The number of benzene rings is 2. The summed E-state index contributed by atoms with van der Waals surface area (Å²) >= 11 is 0. The predicted molar refractivity (Wildman–Crippen MR) is 139 cm³/mol. The minimum absolute atomic E-state index is 0.198. The van der Waals surface area contributed by atoms with Gasteiger partial charge in [-0.15, -0.1) is 0 Å². The van der Waals surface area contributed by atoms with Gasteiger partial charge in [-0.05, 0) is 42.2 Å². The van der Waals surface area contributed by atoms with Gasteiger partial charge in [-0.1, -0.05) is 57.5 Å². The monoisotopic (exact) mass is 478 g/mol. The number of aliphatic hydroxyl groups is 1. The third-order valence-corrected chi connectivity index (χ3v) is 6.63. The Kier molecular flexibility index (Phi) is 8.71. The maximum Gasteiger partial charge on any atom is 0.123 e. The van der Waals surface area contributed by atoms with Crippen molar-refractivity contribution >= 4 is 0 Å². The van der Waals surface area contributed by atoms with Crippen molar-refractivity contribution in [2.24, 2.45) is 5.92 Å². The number of hydrogen-bond acceptors (Lipinski definition) is 4. The largest absolute Gasteiger partial charge is 0.392 e. The molecule has 4 rings (SSSR count). The fourth-order valence-electron chi connectivity index (χ4n) is 5.09. The average molecular weight is 479 g/mol. The van der Waals surface area contributed by atoms with Crippen LogP contribution in [0.2, 0.25) is 0 Å². The summed E-state index contributed by atoms with van der Waals surface area (Å²) in [7, 11) is 0. The van der Waals surface area contributed by atoms with E-state index in [-0.39, 0.29) is 11.9 Å². The van der Waals surface area contributed by atoms with Gasteiger partial charge in [0.1, 0.15) is 5.82 Å². The van der Waals surface area contributed by atoms with E-state index >= 15 is 0 Å². The standard InChI is InChI=1S/C29H39FN4O/c1-4-8-26(35)19-33(17-22(2)3)21-28-27-20-32(18-23-11-13-24(30)14-12-23)16-15-29(27)34(31-28)25-9-6-5-7-10-25/h5-7,9-14,22,26,35H,4,8,15-21H2,1-3H3. The molecule has 0 spiro atoms. The molecule has 0 amide bonds. The van der Waals surface area contributed by atoms with E-state index in [2.05, 4.69) is 59.5 Å². The maximum atomic E-state index is 13.4. The molecule has 0 fully saturated rings. The van der Waals surface area contributed by atoms with Gasteiger partial charge < -0.3 is 5.11 Å². The molecule has 3 aromatic rings. The van der Waals surface area contributed by atoms with E-state index < -0.39 is 0 Å². The van der Waals surface area contributed by atoms with E-state index in [0.29, 0.717) is 12.5 Å². The van der Waals surface area contributed by atoms with Gasteiger partial charge in [0.2, 0.25) is 0 Å². The van der Waals surface area contributed by atoms with Gasteiger partial charge in [-0.25, -0.2) is 9.07 Å². The van der Waals surface area contributed by atoms with Crippen molar-refractivity contribution in [2.75, 3.05) is 19.6 Å². The first-order valence-electron chi connectivity index (χ1n) is 12.9. The van der Waals surface area contributed by atoms with Crippen LogP contribution in [-0.2, 0) is 26.1 Å². The first-order valence-corrected chi connectivity index (χ1v) is 12.9. The van der Waals surface area contributed by atoms with Crippen LogP contribution in [0.4, 0.5) is 4.39 Å². The Bertz CT molecular complexity index is 1060. The second kappa shape index (κ2) is 11.9. The summed E-state index contributed by atoms with van der Waals surface area (Å²) in [5, 5.41) is 15.7. The molecule has 188 valence electrons. The number of fused-ring (bicyclic) bond motifs is 1. The van der Waals surface area contributed by atoms with Crippen molar-refractivity contribution in [3.63, 3.8) is 0 Å². The van der Waals surface area contributed by atoms with Crippen LogP contribution < -0.4 is 0 Å². The Morgan fingerprint density at radius 1 is 1.06 bits per heavy atom. The number of halogens is 1. The van der Waals surface area contributed by atoms with Gasteiger partial charge >= 0.3 is 0 Å². The first kappa shape index (κ1) is 25.5. The number of para-hydroxylation sites is 1. The number of nitrogens with zero attached hydrogens (tertiary/aromatic N) is 4. The molecule has 0 saturated heterocycles. The Morgan fingerprint density at radius 3 is 2.49 bits per heavy atom. The second-order valence-corrected chi connectivity index (χ2v) is 10.2. The number of hydrogen-bond donors (Lipinski definition) is 1. The van der Waals surface area contributed by atoms with E-state index in [1.807, 2.05) is 18.2 Å². The molecular formula is C29H39FN4O. The van der Waals surface area contributed by atoms with Crippen LogP contribution in [0, 0.1) is 11.7 Å². The third-order valence-electron chi connectivity index (χ3n) is 6.63. The van der Waals surface area contributed by atoms with Gasteiger partial charge in [0.25, 0.3) is 0 Å². The van der Waals surface area contributed by atoms with Crippen molar-refractivity contribution in [1.29, 1.82) is 0 Å². The quantitative estimate of drug-likeness (QED) is 0.412. The van der Waals surface area contributed by atoms with Gasteiger partial charge in [-0.3, -0.25) is 9.80 Å². The summed E-state index contributed by atoms with van der Waals surface area (Å²) in [6.45, 7) is 11.4. The molecule has 0 bridgehead atoms. The zero-order chi connectivity index (χ0) is 24.8. The minimum Gasteiger partial charge on any atom is -0.392 e. The van der Waals surface area contributed by atoms with Crippen molar-refractivity contribution in [3.8, 4) is 5.69 Å². The molecule has 5 nitrogen and oxygen atoms in total. The van der Waals surface area contributed by atoms with Crippen LogP contribution in [0.3, 0.4) is 0 Å². The molecule has 1 aliphatic heterocycles. The number of aromatic nitrogens is 2. The maximum absolute atomic E-state index is 13.4. The van der Waals surface area contributed by atoms with E-state index in [9.17, 15) is 9.50 Å². The first-order chi connectivity index (χ1) is 16.9. The molecule has 0 saturated carbocycles. The fraction of sp³-hybridized carbons (Fsp3) is 0.483. The molecule has 0 radical (unpaired) electrons. The molecule has 6 heteroatoms. The Hall–Kier alpha value is -2.54. The summed E-state index contributed by atoms with van der Waals surface area (Å²) in [6, 6.07) is 17.2. The highest BCUT2D eigenvalue weighted by Gasteiger charge is 2.27. The zero-order valence-corrected chi connectivity index (χ0v) is 21.3. The second-order valence-electron chi connectivity index (χ2n) is 10.2. The molecule has 0 aliphatic carbocycles. The van der Waals surface area contributed by atoms with Gasteiger partial charge in [0, 0.05) is 51.3 Å². The molecule has 35 heavy (non-hydrogen) atoms. The molecule has 2 aromatic carbocycles. The minimum atomic E-state index is -0.319. The van der Waals surface area contributed by atoms with Crippen LogP contribution in [0.5, 0.6) is 0 Å².